The molecule has 1 N–H and O–H groups in total. The maximum atomic E-state index is 12.3. The molecular weight excluding hydrogens is 338 g/mol. The van der Waals surface area contributed by atoms with Gasteiger partial charge in [0.25, 0.3) is 0 Å². The van der Waals surface area contributed by atoms with Crippen LogP contribution in [0.15, 0.2) is 18.2 Å². The Labute approximate surface area is 143 Å². The highest BCUT2D eigenvalue weighted by atomic mass is 35.5. The van der Waals surface area contributed by atoms with Crippen LogP contribution in [0.5, 0.6) is 11.5 Å². The Morgan fingerprint density at radius 1 is 1.25 bits per heavy atom. The number of morpholine rings is 1. The third-order valence-electron chi connectivity index (χ3n) is 3.73. The SMILES string of the molecule is O=C(O)C1COCCN1C(=O)/C=C/c1cc(Cl)c2c(c1)OCCO2. The van der Waals surface area contributed by atoms with Crippen LogP contribution < -0.4 is 9.47 Å². The molecule has 0 radical (unpaired) electrons. The van der Waals surface area contributed by atoms with Crippen LogP contribution in [-0.4, -0.2) is 60.9 Å². The van der Waals surface area contributed by atoms with Gasteiger partial charge in [0.05, 0.1) is 18.2 Å². The van der Waals surface area contributed by atoms with Crippen LogP contribution in [0.25, 0.3) is 6.08 Å². The van der Waals surface area contributed by atoms with Gasteiger partial charge in [-0.2, -0.15) is 0 Å². The van der Waals surface area contributed by atoms with E-state index in [-0.39, 0.29) is 13.2 Å². The lowest BCUT2D eigenvalue weighted by Gasteiger charge is -2.32. The Hall–Kier alpha value is -2.25. The van der Waals surface area contributed by atoms with E-state index in [0.717, 1.165) is 0 Å². The fourth-order valence-electron chi connectivity index (χ4n) is 2.56. The zero-order valence-corrected chi connectivity index (χ0v) is 13.5. The van der Waals surface area contributed by atoms with E-state index in [1.165, 1.54) is 11.0 Å². The van der Waals surface area contributed by atoms with Crippen molar-refractivity contribution in [2.75, 3.05) is 33.0 Å². The fourth-order valence-corrected chi connectivity index (χ4v) is 2.84. The molecule has 2 aliphatic rings. The topological polar surface area (TPSA) is 85.3 Å². The number of aliphatic carboxylic acids is 1. The molecule has 2 heterocycles. The second kappa shape index (κ2) is 7.11. The minimum absolute atomic E-state index is 0.00916. The van der Waals surface area contributed by atoms with Gasteiger partial charge in [-0.1, -0.05) is 11.6 Å². The van der Waals surface area contributed by atoms with Gasteiger partial charge in [0.2, 0.25) is 5.91 Å². The number of hydrogen-bond donors (Lipinski definition) is 1. The van der Waals surface area contributed by atoms with Crippen LogP contribution in [0.3, 0.4) is 0 Å². The van der Waals surface area contributed by atoms with E-state index in [2.05, 4.69) is 0 Å². The highest BCUT2D eigenvalue weighted by Gasteiger charge is 2.31. The van der Waals surface area contributed by atoms with Crippen molar-refractivity contribution in [1.29, 1.82) is 0 Å². The number of amides is 1. The summed E-state index contributed by atoms with van der Waals surface area (Å²) in [7, 11) is 0. The lowest BCUT2D eigenvalue weighted by Crippen LogP contribution is -2.52. The highest BCUT2D eigenvalue weighted by molar-refractivity contribution is 6.32. The Balaban J connectivity index is 1.76. The summed E-state index contributed by atoms with van der Waals surface area (Å²) in [6.07, 6.45) is 2.89. The van der Waals surface area contributed by atoms with E-state index in [1.54, 1.807) is 18.2 Å². The second-order valence-corrected chi connectivity index (χ2v) is 5.73. The van der Waals surface area contributed by atoms with Gasteiger partial charge in [0.1, 0.15) is 13.2 Å². The Morgan fingerprint density at radius 2 is 2.04 bits per heavy atom. The highest BCUT2D eigenvalue weighted by Crippen LogP contribution is 2.38. The van der Waals surface area contributed by atoms with Crippen molar-refractivity contribution in [3.63, 3.8) is 0 Å². The molecule has 7 nitrogen and oxygen atoms in total. The zero-order valence-electron chi connectivity index (χ0n) is 12.7. The lowest BCUT2D eigenvalue weighted by atomic mass is 10.1. The molecular formula is C16H16ClNO6. The summed E-state index contributed by atoms with van der Waals surface area (Å²) >= 11 is 6.15. The largest absolute Gasteiger partial charge is 0.486 e. The van der Waals surface area contributed by atoms with Crippen LogP contribution in [0.2, 0.25) is 5.02 Å². The predicted molar refractivity (Wildman–Crippen MR) is 85.4 cm³/mol. The third kappa shape index (κ3) is 3.47. The number of carboxylic acid groups (broad SMARTS) is 1. The molecule has 1 unspecified atom stereocenters. The average molecular weight is 354 g/mol. The molecule has 0 bridgehead atoms. The molecule has 1 saturated heterocycles. The van der Waals surface area contributed by atoms with E-state index < -0.39 is 17.9 Å². The molecule has 24 heavy (non-hydrogen) atoms. The van der Waals surface area contributed by atoms with Crippen molar-refractivity contribution < 1.29 is 28.9 Å². The number of benzene rings is 1. The van der Waals surface area contributed by atoms with Crippen molar-refractivity contribution >= 4 is 29.6 Å². The third-order valence-corrected chi connectivity index (χ3v) is 4.01. The molecule has 0 saturated carbocycles. The first-order valence-corrected chi connectivity index (χ1v) is 7.82. The Bertz CT molecular complexity index is 689. The van der Waals surface area contributed by atoms with Crippen molar-refractivity contribution in [3.8, 4) is 11.5 Å². The molecule has 0 aliphatic carbocycles. The lowest BCUT2D eigenvalue weighted by molar-refractivity contribution is -0.156. The van der Waals surface area contributed by atoms with Crippen molar-refractivity contribution in [2.45, 2.75) is 6.04 Å². The average Bonchev–Trinajstić information content (AvgIpc) is 2.59. The summed E-state index contributed by atoms with van der Waals surface area (Å²) in [6.45, 7) is 1.42. The van der Waals surface area contributed by atoms with Crippen molar-refractivity contribution in [2.24, 2.45) is 0 Å². The van der Waals surface area contributed by atoms with Gasteiger partial charge in [0.15, 0.2) is 17.5 Å². The van der Waals surface area contributed by atoms with Crippen molar-refractivity contribution in [1.82, 2.24) is 4.90 Å². The molecule has 1 amide bonds. The quantitative estimate of drug-likeness (QED) is 0.828. The molecule has 0 aromatic heterocycles. The van der Waals surface area contributed by atoms with E-state index >= 15 is 0 Å². The van der Waals surface area contributed by atoms with E-state index in [4.69, 9.17) is 30.9 Å². The molecule has 1 atom stereocenters. The second-order valence-electron chi connectivity index (χ2n) is 5.32. The predicted octanol–water partition coefficient (Wildman–Crippen LogP) is 1.44. The van der Waals surface area contributed by atoms with Gasteiger partial charge >= 0.3 is 5.97 Å². The first-order valence-electron chi connectivity index (χ1n) is 7.44. The number of carbonyl (C=O) groups excluding carboxylic acids is 1. The van der Waals surface area contributed by atoms with Gasteiger partial charge in [-0.3, -0.25) is 4.79 Å². The molecule has 8 heteroatoms. The van der Waals surface area contributed by atoms with Crippen molar-refractivity contribution in [3.05, 3.63) is 28.8 Å². The number of hydrogen-bond acceptors (Lipinski definition) is 5. The van der Waals surface area contributed by atoms with Crippen LogP contribution in [0, 0.1) is 0 Å². The molecule has 1 aromatic rings. The summed E-state index contributed by atoms with van der Waals surface area (Å²) < 4.78 is 16.0. The van der Waals surface area contributed by atoms with E-state index in [9.17, 15) is 9.59 Å². The van der Waals surface area contributed by atoms with Crippen LogP contribution in [0.4, 0.5) is 0 Å². The number of carbonyl (C=O) groups is 2. The number of nitrogens with zero attached hydrogens (tertiary/aromatic N) is 1. The number of halogens is 1. The van der Waals surface area contributed by atoms with Gasteiger partial charge in [-0.05, 0) is 23.8 Å². The molecule has 1 aromatic carbocycles. The molecule has 0 spiro atoms. The summed E-state index contributed by atoms with van der Waals surface area (Å²) in [5, 5.41) is 9.56. The molecule has 3 rings (SSSR count). The first-order chi connectivity index (χ1) is 11.6. The van der Waals surface area contributed by atoms with Gasteiger partial charge < -0.3 is 24.2 Å². The maximum absolute atomic E-state index is 12.3. The smallest absolute Gasteiger partial charge is 0.328 e. The normalized spacial score (nSPS) is 20.2. The van der Waals surface area contributed by atoms with Gasteiger partial charge in [-0.15, -0.1) is 0 Å². The molecule has 1 fully saturated rings. The summed E-state index contributed by atoms with van der Waals surface area (Å²) in [6, 6.07) is 2.41. The zero-order chi connectivity index (χ0) is 17.1. The Morgan fingerprint density at radius 3 is 2.83 bits per heavy atom. The number of fused-ring (bicyclic) bond motifs is 1. The number of carboxylic acids is 1. The number of ether oxygens (including phenoxy) is 3. The number of rotatable bonds is 3. The van der Waals surface area contributed by atoms with Gasteiger partial charge in [0, 0.05) is 12.6 Å². The monoisotopic (exact) mass is 353 g/mol. The standard InChI is InChI=1S/C16H16ClNO6/c17-11-7-10(8-13-15(11)24-6-5-23-13)1-2-14(19)18-3-4-22-9-12(18)16(20)21/h1-2,7-8,12H,3-6,9H2,(H,20,21)/b2-1+. The molecule has 2 aliphatic heterocycles. The summed E-state index contributed by atoms with van der Waals surface area (Å²) in [5.41, 5.74) is 0.665. The first kappa shape index (κ1) is 16.6. The summed E-state index contributed by atoms with van der Waals surface area (Å²) in [5.74, 6) is -0.461. The van der Waals surface area contributed by atoms with Crippen LogP contribution in [-0.2, 0) is 14.3 Å². The van der Waals surface area contributed by atoms with Crippen LogP contribution >= 0.6 is 11.6 Å². The summed E-state index contributed by atoms with van der Waals surface area (Å²) in [4.78, 5) is 24.8. The minimum atomic E-state index is -1.08. The minimum Gasteiger partial charge on any atom is -0.486 e. The van der Waals surface area contributed by atoms with Crippen LogP contribution in [0.1, 0.15) is 5.56 Å². The van der Waals surface area contributed by atoms with E-state index in [1.807, 2.05) is 0 Å². The molecule has 128 valence electrons. The Kier molecular flexibility index (Phi) is 4.92. The van der Waals surface area contributed by atoms with Gasteiger partial charge in [-0.25, -0.2) is 4.79 Å². The maximum Gasteiger partial charge on any atom is 0.328 e. The van der Waals surface area contributed by atoms with E-state index in [0.29, 0.717) is 41.9 Å². The fraction of sp³-hybridized carbons (Fsp3) is 0.375.